The quantitative estimate of drug-likeness (QED) is 0.780. The number of halogens is 1. The summed E-state index contributed by atoms with van der Waals surface area (Å²) in [4.78, 5) is 0. The molecule has 0 heterocycles. The summed E-state index contributed by atoms with van der Waals surface area (Å²) in [6.45, 7) is 2.27. The van der Waals surface area contributed by atoms with Gasteiger partial charge in [0.1, 0.15) is 15.6 Å². The van der Waals surface area contributed by atoms with Crippen LogP contribution in [0.1, 0.15) is 18.9 Å². The minimum atomic E-state index is -2.93. The average Bonchev–Trinajstić information content (AvgIpc) is 2.35. The van der Waals surface area contributed by atoms with Crippen molar-refractivity contribution in [3.63, 3.8) is 0 Å². The Hall–Kier alpha value is -0.780. The third kappa shape index (κ3) is 4.48. The summed E-state index contributed by atoms with van der Waals surface area (Å²) in [6, 6.07) is 5.31. The molecule has 0 aromatic heterocycles. The van der Waals surface area contributed by atoms with Crippen LogP contribution in [-0.2, 0) is 16.4 Å². The van der Waals surface area contributed by atoms with Crippen molar-refractivity contribution in [1.82, 2.24) is 0 Å². The molecule has 0 aliphatic heterocycles. The van der Waals surface area contributed by atoms with E-state index in [1.54, 1.807) is 25.1 Å². The highest BCUT2D eigenvalue weighted by Gasteiger charge is 2.09. The third-order valence-corrected chi connectivity index (χ3v) is 4.72. The Labute approximate surface area is 113 Å². The van der Waals surface area contributed by atoms with E-state index in [9.17, 15) is 8.42 Å². The standard InChI is InChI=1S/C12H18ClNO3S/c1-2-18(15,16)8-4-7-17-12-6-3-5-11(13)10(12)9-14/h3,5-6H,2,4,7-9,14H2,1H3. The molecule has 18 heavy (non-hydrogen) atoms. The summed E-state index contributed by atoms with van der Waals surface area (Å²) in [5.41, 5.74) is 6.33. The average molecular weight is 292 g/mol. The first-order chi connectivity index (χ1) is 8.50. The smallest absolute Gasteiger partial charge is 0.150 e. The topological polar surface area (TPSA) is 69.4 Å². The number of hydrogen-bond acceptors (Lipinski definition) is 4. The third-order valence-electron chi connectivity index (χ3n) is 2.58. The molecule has 102 valence electrons. The highest BCUT2D eigenvalue weighted by Crippen LogP contribution is 2.25. The van der Waals surface area contributed by atoms with Gasteiger partial charge in [-0.15, -0.1) is 0 Å². The van der Waals surface area contributed by atoms with E-state index in [1.165, 1.54) is 0 Å². The fraction of sp³-hybridized carbons (Fsp3) is 0.500. The molecule has 4 nitrogen and oxygen atoms in total. The number of ether oxygens (including phenoxy) is 1. The molecule has 0 bridgehead atoms. The second-order valence-corrected chi connectivity index (χ2v) is 6.74. The SMILES string of the molecule is CCS(=O)(=O)CCCOc1cccc(Cl)c1CN. The van der Waals surface area contributed by atoms with Crippen LogP contribution in [0.3, 0.4) is 0 Å². The van der Waals surface area contributed by atoms with E-state index in [2.05, 4.69) is 0 Å². The van der Waals surface area contributed by atoms with Crippen LogP contribution in [0.2, 0.25) is 5.02 Å². The van der Waals surface area contributed by atoms with Crippen molar-refractivity contribution in [3.8, 4) is 5.75 Å². The lowest BCUT2D eigenvalue weighted by molar-refractivity contribution is 0.314. The molecule has 0 unspecified atom stereocenters. The van der Waals surface area contributed by atoms with E-state index in [0.717, 1.165) is 5.56 Å². The lowest BCUT2D eigenvalue weighted by Crippen LogP contribution is -2.12. The van der Waals surface area contributed by atoms with E-state index in [4.69, 9.17) is 22.1 Å². The van der Waals surface area contributed by atoms with Gasteiger partial charge in [-0.2, -0.15) is 0 Å². The molecule has 1 rings (SSSR count). The lowest BCUT2D eigenvalue weighted by Gasteiger charge is -2.11. The maximum Gasteiger partial charge on any atom is 0.150 e. The molecule has 0 saturated carbocycles. The van der Waals surface area contributed by atoms with Crippen molar-refractivity contribution < 1.29 is 13.2 Å². The van der Waals surface area contributed by atoms with E-state index in [0.29, 0.717) is 30.3 Å². The molecule has 0 saturated heterocycles. The fourth-order valence-corrected chi connectivity index (χ4v) is 2.57. The van der Waals surface area contributed by atoms with Gasteiger partial charge in [0.25, 0.3) is 0 Å². The van der Waals surface area contributed by atoms with Gasteiger partial charge in [0.05, 0.1) is 12.4 Å². The molecule has 0 spiro atoms. The number of benzene rings is 1. The molecule has 0 radical (unpaired) electrons. The normalized spacial score (nSPS) is 11.5. The van der Waals surface area contributed by atoms with Crippen molar-refractivity contribution in [2.24, 2.45) is 5.73 Å². The number of nitrogens with two attached hydrogens (primary N) is 1. The molecule has 2 N–H and O–H groups in total. The van der Waals surface area contributed by atoms with E-state index >= 15 is 0 Å². The second-order valence-electron chi connectivity index (χ2n) is 3.86. The minimum absolute atomic E-state index is 0.141. The highest BCUT2D eigenvalue weighted by molar-refractivity contribution is 7.91. The summed E-state index contributed by atoms with van der Waals surface area (Å²) < 4.78 is 28.1. The first-order valence-electron chi connectivity index (χ1n) is 5.81. The summed E-state index contributed by atoms with van der Waals surface area (Å²) in [5.74, 6) is 0.930. The largest absolute Gasteiger partial charge is 0.493 e. The van der Waals surface area contributed by atoms with Gasteiger partial charge in [-0.05, 0) is 18.6 Å². The Morgan fingerprint density at radius 3 is 2.72 bits per heavy atom. The van der Waals surface area contributed by atoms with Crippen molar-refractivity contribution in [3.05, 3.63) is 28.8 Å². The van der Waals surface area contributed by atoms with Crippen LogP contribution in [0, 0.1) is 0 Å². The summed E-state index contributed by atoms with van der Waals surface area (Å²) in [6.07, 6.45) is 0.465. The van der Waals surface area contributed by atoms with Gasteiger partial charge in [-0.1, -0.05) is 24.6 Å². The van der Waals surface area contributed by atoms with Crippen LogP contribution in [0.25, 0.3) is 0 Å². The van der Waals surface area contributed by atoms with Crippen LogP contribution < -0.4 is 10.5 Å². The number of rotatable bonds is 7. The maximum atomic E-state index is 11.3. The summed E-state index contributed by atoms with van der Waals surface area (Å²) >= 11 is 5.98. The van der Waals surface area contributed by atoms with Gasteiger partial charge in [-0.3, -0.25) is 0 Å². The molecular formula is C12H18ClNO3S. The molecule has 0 atom stereocenters. The van der Waals surface area contributed by atoms with Crippen LogP contribution in [0.4, 0.5) is 0 Å². The van der Waals surface area contributed by atoms with Crippen LogP contribution in [0.15, 0.2) is 18.2 Å². The van der Waals surface area contributed by atoms with Gasteiger partial charge in [0, 0.05) is 22.9 Å². The van der Waals surface area contributed by atoms with E-state index < -0.39 is 9.84 Å². The monoisotopic (exact) mass is 291 g/mol. The van der Waals surface area contributed by atoms with Crippen molar-refractivity contribution in [2.45, 2.75) is 19.9 Å². The first-order valence-corrected chi connectivity index (χ1v) is 8.00. The zero-order valence-corrected chi connectivity index (χ0v) is 11.9. The highest BCUT2D eigenvalue weighted by atomic mass is 35.5. The molecule has 0 aliphatic carbocycles. The van der Waals surface area contributed by atoms with Gasteiger partial charge in [0.15, 0.2) is 0 Å². The number of hydrogen-bond donors (Lipinski definition) is 1. The molecule has 0 aliphatic rings. The van der Waals surface area contributed by atoms with Gasteiger partial charge in [0.2, 0.25) is 0 Å². The predicted molar refractivity (Wildman–Crippen MR) is 73.8 cm³/mol. The van der Waals surface area contributed by atoms with Gasteiger partial charge >= 0.3 is 0 Å². The Morgan fingerprint density at radius 1 is 1.39 bits per heavy atom. The molecular weight excluding hydrogens is 274 g/mol. The Balaban J connectivity index is 2.52. The van der Waals surface area contributed by atoms with E-state index in [-0.39, 0.29) is 11.5 Å². The van der Waals surface area contributed by atoms with Gasteiger partial charge in [-0.25, -0.2) is 8.42 Å². The molecule has 0 amide bonds. The van der Waals surface area contributed by atoms with E-state index in [1.807, 2.05) is 0 Å². The van der Waals surface area contributed by atoms with Crippen LogP contribution in [-0.4, -0.2) is 26.5 Å². The molecule has 1 aromatic carbocycles. The molecule has 0 fully saturated rings. The Bertz CT molecular complexity index is 488. The van der Waals surface area contributed by atoms with Crippen LogP contribution in [0.5, 0.6) is 5.75 Å². The molecule has 6 heteroatoms. The first kappa shape index (κ1) is 15.3. The second kappa shape index (κ2) is 6.97. The van der Waals surface area contributed by atoms with Crippen molar-refractivity contribution in [1.29, 1.82) is 0 Å². The Morgan fingerprint density at radius 2 is 2.11 bits per heavy atom. The van der Waals surface area contributed by atoms with Crippen molar-refractivity contribution >= 4 is 21.4 Å². The van der Waals surface area contributed by atoms with Crippen molar-refractivity contribution in [2.75, 3.05) is 18.1 Å². The number of sulfone groups is 1. The zero-order valence-electron chi connectivity index (χ0n) is 10.4. The maximum absolute atomic E-state index is 11.3. The predicted octanol–water partition coefficient (Wildman–Crippen LogP) is 2.00. The zero-order chi connectivity index (χ0) is 13.6. The van der Waals surface area contributed by atoms with Crippen LogP contribution >= 0.6 is 11.6 Å². The lowest BCUT2D eigenvalue weighted by atomic mass is 10.2. The minimum Gasteiger partial charge on any atom is -0.493 e. The van der Waals surface area contributed by atoms with Gasteiger partial charge < -0.3 is 10.5 Å². The molecule has 1 aromatic rings. The fourth-order valence-electron chi connectivity index (χ4n) is 1.48. The summed E-state index contributed by atoms with van der Waals surface area (Å²) in [5, 5.41) is 0.566. The summed E-state index contributed by atoms with van der Waals surface area (Å²) in [7, 11) is -2.93. The Kier molecular flexibility index (Phi) is 5.91.